The molecule has 0 atom stereocenters. The molecule has 0 radical (unpaired) electrons. The number of carbonyl (C=O) groups excluding carboxylic acids is 1. The summed E-state index contributed by atoms with van der Waals surface area (Å²) < 4.78 is 0. The molecule has 124 valence electrons. The smallest absolute Gasteiger partial charge is 0.226 e. The van der Waals surface area contributed by atoms with Crippen molar-refractivity contribution in [1.29, 1.82) is 0 Å². The van der Waals surface area contributed by atoms with Gasteiger partial charge in [0.2, 0.25) is 5.91 Å². The number of anilines is 1. The molecule has 7 heteroatoms. The van der Waals surface area contributed by atoms with Crippen LogP contribution in [0.4, 0.5) is 5.69 Å². The van der Waals surface area contributed by atoms with E-state index in [1.165, 1.54) is 0 Å². The fourth-order valence-corrected chi connectivity index (χ4v) is 1.89. The molecule has 5 nitrogen and oxygen atoms in total. The summed E-state index contributed by atoms with van der Waals surface area (Å²) in [5.41, 5.74) is 1.63. The van der Waals surface area contributed by atoms with Crippen LogP contribution in [0.15, 0.2) is 23.2 Å². The molecule has 0 aliphatic carbocycles. The lowest BCUT2D eigenvalue weighted by molar-refractivity contribution is -0.116. The minimum Gasteiger partial charge on any atom is -0.356 e. The van der Waals surface area contributed by atoms with Gasteiger partial charge in [0.1, 0.15) is 0 Å². The van der Waals surface area contributed by atoms with Gasteiger partial charge in [-0.1, -0.05) is 24.6 Å². The number of nitrogens with one attached hydrogen (secondary N) is 3. The minimum atomic E-state index is -0.0567. The predicted molar refractivity (Wildman–Crippen MR) is 105 cm³/mol. The molecule has 0 aliphatic heterocycles. The number of halogens is 2. The lowest BCUT2D eigenvalue weighted by atomic mass is 10.2. The summed E-state index contributed by atoms with van der Waals surface area (Å²) in [5.74, 6) is 0.655. The molecule has 22 heavy (non-hydrogen) atoms. The molecule has 1 aromatic rings. The van der Waals surface area contributed by atoms with Gasteiger partial charge in [-0.2, -0.15) is 0 Å². The first kappa shape index (κ1) is 21.0. The molecule has 0 spiro atoms. The van der Waals surface area contributed by atoms with E-state index in [9.17, 15) is 4.79 Å². The van der Waals surface area contributed by atoms with Crippen molar-refractivity contribution in [3.63, 3.8) is 0 Å². The Morgan fingerprint density at radius 3 is 2.59 bits per heavy atom. The van der Waals surface area contributed by atoms with E-state index in [-0.39, 0.29) is 29.9 Å². The fraction of sp³-hybridized carbons (Fsp3) is 0.467. The molecule has 1 amide bonds. The zero-order chi connectivity index (χ0) is 15.7. The molecule has 0 saturated heterocycles. The molecule has 1 aromatic carbocycles. The molecule has 0 bridgehead atoms. The molecular formula is C15H24ClIN4O. The van der Waals surface area contributed by atoms with E-state index in [1.807, 2.05) is 19.1 Å². The van der Waals surface area contributed by atoms with Gasteiger partial charge in [0, 0.05) is 37.3 Å². The monoisotopic (exact) mass is 438 g/mol. The third-order valence-electron chi connectivity index (χ3n) is 2.95. The first-order valence-corrected chi connectivity index (χ1v) is 7.45. The van der Waals surface area contributed by atoms with Crippen molar-refractivity contribution in [3.8, 4) is 0 Å². The largest absolute Gasteiger partial charge is 0.356 e. The maximum atomic E-state index is 11.9. The van der Waals surface area contributed by atoms with Crippen molar-refractivity contribution < 1.29 is 4.79 Å². The molecule has 0 aromatic heterocycles. The zero-order valence-electron chi connectivity index (χ0n) is 13.2. The van der Waals surface area contributed by atoms with Crippen LogP contribution in [0.3, 0.4) is 0 Å². The lowest BCUT2D eigenvalue weighted by Gasteiger charge is -2.12. The first-order chi connectivity index (χ1) is 10.1. The van der Waals surface area contributed by atoms with Gasteiger partial charge in [-0.15, -0.1) is 24.0 Å². The van der Waals surface area contributed by atoms with Crippen LogP contribution in [-0.2, 0) is 4.79 Å². The summed E-state index contributed by atoms with van der Waals surface area (Å²) in [4.78, 5) is 16.0. The number of hydrogen-bond donors (Lipinski definition) is 3. The number of carbonyl (C=O) groups is 1. The Bertz CT molecular complexity index is 508. The summed E-state index contributed by atoms with van der Waals surface area (Å²) in [5, 5.41) is 9.76. The van der Waals surface area contributed by atoms with E-state index in [4.69, 9.17) is 11.6 Å². The number of aliphatic imine (C=N–C) groups is 1. The summed E-state index contributed by atoms with van der Waals surface area (Å²) in [6.45, 7) is 5.34. The number of guanidine groups is 1. The molecule has 3 N–H and O–H groups in total. The van der Waals surface area contributed by atoms with Crippen LogP contribution >= 0.6 is 35.6 Å². The van der Waals surface area contributed by atoms with Crippen molar-refractivity contribution in [2.24, 2.45) is 4.99 Å². The molecule has 0 unspecified atom stereocenters. The van der Waals surface area contributed by atoms with E-state index >= 15 is 0 Å². The van der Waals surface area contributed by atoms with E-state index in [1.54, 1.807) is 13.1 Å². The minimum absolute atomic E-state index is 0. The molecule has 0 fully saturated rings. The van der Waals surface area contributed by atoms with Gasteiger partial charge in [-0.05, 0) is 31.0 Å². The highest BCUT2D eigenvalue weighted by molar-refractivity contribution is 14.0. The Labute approximate surface area is 154 Å². The number of benzene rings is 1. The van der Waals surface area contributed by atoms with E-state index in [0.717, 1.165) is 24.2 Å². The predicted octanol–water partition coefficient (Wildman–Crippen LogP) is 3.17. The fourth-order valence-electron chi connectivity index (χ4n) is 1.71. The Kier molecular flexibility index (Phi) is 11.0. The van der Waals surface area contributed by atoms with Crippen LogP contribution in [0.25, 0.3) is 0 Å². The molecule has 0 heterocycles. The first-order valence-electron chi connectivity index (χ1n) is 7.08. The average molecular weight is 439 g/mol. The normalized spacial score (nSPS) is 10.6. The van der Waals surface area contributed by atoms with Gasteiger partial charge < -0.3 is 16.0 Å². The Hall–Kier alpha value is -1.02. The van der Waals surface area contributed by atoms with Crippen LogP contribution in [0, 0.1) is 6.92 Å². The van der Waals surface area contributed by atoms with Gasteiger partial charge in [-0.3, -0.25) is 9.79 Å². The summed E-state index contributed by atoms with van der Waals surface area (Å²) in [6.07, 6.45) is 1.38. The van der Waals surface area contributed by atoms with Crippen LogP contribution in [0.1, 0.15) is 25.3 Å². The highest BCUT2D eigenvalue weighted by Gasteiger charge is 2.07. The summed E-state index contributed by atoms with van der Waals surface area (Å²) >= 11 is 6.02. The quantitative estimate of drug-likeness (QED) is 0.363. The highest BCUT2D eigenvalue weighted by atomic mass is 127. The standard InChI is InChI=1S/C15H23ClN4O.HI/c1-4-9-18-15(17-3)19-10-8-14(21)20-13-7-5-6-12(16)11(13)2;/h5-7H,4,8-10H2,1-3H3,(H,20,21)(H2,17,18,19);1H. The SMILES string of the molecule is CCCNC(=NC)NCCC(=O)Nc1cccc(Cl)c1C.I. The second kappa shape index (κ2) is 11.5. The second-order valence-electron chi connectivity index (χ2n) is 4.64. The van der Waals surface area contributed by atoms with Gasteiger partial charge in [-0.25, -0.2) is 0 Å². The van der Waals surface area contributed by atoms with Crippen molar-refractivity contribution >= 4 is 53.1 Å². The van der Waals surface area contributed by atoms with E-state index in [0.29, 0.717) is 23.9 Å². The van der Waals surface area contributed by atoms with Gasteiger partial charge in [0.05, 0.1) is 0 Å². The third kappa shape index (κ3) is 7.31. The van der Waals surface area contributed by atoms with Crippen molar-refractivity contribution in [1.82, 2.24) is 10.6 Å². The van der Waals surface area contributed by atoms with Crippen molar-refractivity contribution in [2.75, 3.05) is 25.5 Å². The van der Waals surface area contributed by atoms with Crippen molar-refractivity contribution in [3.05, 3.63) is 28.8 Å². The number of hydrogen-bond acceptors (Lipinski definition) is 2. The molecular weight excluding hydrogens is 415 g/mol. The number of rotatable bonds is 6. The van der Waals surface area contributed by atoms with Gasteiger partial charge >= 0.3 is 0 Å². The molecule has 0 saturated carbocycles. The third-order valence-corrected chi connectivity index (χ3v) is 3.36. The second-order valence-corrected chi connectivity index (χ2v) is 5.04. The lowest BCUT2D eigenvalue weighted by Crippen LogP contribution is -2.38. The molecule has 0 aliphatic rings. The summed E-state index contributed by atoms with van der Waals surface area (Å²) in [7, 11) is 1.71. The number of nitrogens with zero attached hydrogens (tertiary/aromatic N) is 1. The summed E-state index contributed by atoms with van der Waals surface area (Å²) in [6, 6.07) is 5.46. The molecule has 1 rings (SSSR count). The van der Waals surface area contributed by atoms with E-state index < -0.39 is 0 Å². The van der Waals surface area contributed by atoms with Gasteiger partial charge in [0.15, 0.2) is 5.96 Å². The van der Waals surface area contributed by atoms with Gasteiger partial charge in [0.25, 0.3) is 0 Å². The zero-order valence-corrected chi connectivity index (χ0v) is 16.3. The van der Waals surface area contributed by atoms with Crippen molar-refractivity contribution in [2.45, 2.75) is 26.7 Å². The topological polar surface area (TPSA) is 65.5 Å². The Morgan fingerprint density at radius 1 is 1.27 bits per heavy atom. The Morgan fingerprint density at radius 2 is 1.95 bits per heavy atom. The van der Waals surface area contributed by atoms with Crippen LogP contribution in [-0.4, -0.2) is 32.0 Å². The average Bonchev–Trinajstić information content (AvgIpc) is 2.47. The number of amides is 1. The van der Waals surface area contributed by atoms with Crippen LogP contribution in [0.2, 0.25) is 5.02 Å². The maximum Gasteiger partial charge on any atom is 0.226 e. The maximum absolute atomic E-state index is 11.9. The highest BCUT2D eigenvalue weighted by Crippen LogP contribution is 2.22. The van der Waals surface area contributed by atoms with Crippen LogP contribution in [0.5, 0.6) is 0 Å². The van der Waals surface area contributed by atoms with Crippen LogP contribution < -0.4 is 16.0 Å². The Balaban J connectivity index is 0.00000441. The van der Waals surface area contributed by atoms with E-state index in [2.05, 4.69) is 27.9 Å².